The van der Waals surface area contributed by atoms with Crippen molar-refractivity contribution in [2.45, 2.75) is 0 Å². The lowest BCUT2D eigenvalue weighted by molar-refractivity contribution is 1.28. The minimum atomic E-state index is 1.09. The number of fused-ring (bicyclic) bond motifs is 3. The van der Waals surface area contributed by atoms with E-state index in [0.717, 1.165) is 17.1 Å². The van der Waals surface area contributed by atoms with Crippen LogP contribution in [0.25, 0.3) is 88.0 Å². The average molecular weight is 776 g/mol. The molecule has 0 saturated heterocycles. The number of nitrogens with zero attached hydrogens (tertiary/aromatic N) is 1. The third-order valence-electron chi connectivity index (χ3n) is 12.1. The Hall–Kier alpha value is -8.00. The second-order valence-electron chi connectivity index (χ2n) is 15.7. The summed E-state index contributed by atoms with van der Waals surface area (Å²) in [4.78, 5) is 2.41. The highest BCUT2D eigenvalue weighted by atomic mass is 15.1. The largest absolute Gasteiger partial charge is 0.310 e. The Kier molecular flexibility index (Phi) is 9.26. The zero-order chi connectivity index (χ0) is 40.5. The molecule has 11 aromatic rings. The quantitative estimate of drug-likeness (QED) is 0.149. The molecule has 0 aliphatic rings. The van der Waals surface area contributed by atoms with E-state index in [1.165, 1.54) is 88.0 Å². The molecule has 0 heterocycles. The van der Waals surface area contributed by atoms with Crippen molar-refractivity contribution in [3.63, 3.8) is 0 Å². The molecule has 0 spiro atoms. The van der Waals surface area contributed by atoms with Gasteiger partial charge in [0.2, 0.25) is 0 Å². The second kappa shape index (κ2) is 15.6. The molecule has 0 amide bonds. The van der Waals surface area contributed by atoms with Gasteiger partial charge in [0.1, 0.15) is 0 Å². The van der Waals surface area contributed by atoms with Crippen LogP contribution in [0, 0.1) is 0 Å². The first-order chi connectivity index (χ1) is 30.2. The van der Waals surface area contributed by atoms with Gasteiger partial charge >= 0.3 is 0 Å². The summed E-state index contributed by atoms with van der Waals surface area (Å²) in [6.45, 7) is 0. The van der Waals surface area contributed by atoms with Crippen molar-refractivity contribution >= 4 is 49.4 Å². The molecule has 0 radical (unpaired) electrons. The summed E-state index contributed by atoms with van der Waals surface area (Å²) in [6.07, 6.45) is 0. The fraction of sp³-hybridized carbons (Fsp3) is 0. The number of para-hydroxylation sites is 1. The third kappa shape index (κ3) is 6.83. The minimum Gasteiger partial charge on any atom is -0.310 e. The minimum absolute atomic E-state index is 1.09. The molecule has 286 valence electrons. The van der Waals surface area contributed by atoms with Crippen molar-refractivity contribution in [3.05, 3.63) is 249 Å². The monoisotopic (exact) mass is 775 g/mol. The number of anilines is 3. The molecule has 61 heavy (non-hydrogen) atoms. The molecule has 11 rings (SSSR count). The molecular formula is C60H41N. The summed E-state index contributed by atoms with van der Waals surface area (Å²) in [5, 5.41) is 7.48. The van der Waals surface area contributed by atoms with E-state index in [1.54, 1.807) is 0 Å². The first-order valence-corrected chi connectivity index (χ1v) is 21.0. The second-order valence-corrected chi connectivity index (χ2v) is 15.7. The van der Waals surface area contributed by atoms with Gasteiger partial charge in [-0.1, -0.05) is 212 Å². The van der Waals surface area contributed by atoms with Crippen LogP contribution in [0.15, 0.2) is 249 Å². The van der Waals surface area contributed by atoms with Crippen LogP contribution in [-0.4, -0.2) is 0 Å². The van der Waals surface area contributed by atoms with E-state index in [1.807, 2.05) is 0 Å². The first kappa shape index (κ1) is 36.1. The summed E-state index contributed by atoms with van der Waals surface area (Å²) in [6, 6.07) is 90.4. The standard InChI is InChI=1S/C60H41N/c1-2-14-47(15-3-1)56-24-11-19-49-20-12-25-58(60(49)56)57-22-8-9-26-59(57)61(53-39-35-45(36-40-53)51-32-29-42-13-4-5-17-50(42)41-51)52-37-33-44(34-38-52)43-27-30-48(31-28-43)55-23-10-18-46-16-6-7-21-54(46)55/h1-41H. The molecule has 0 atom stereocenters. The van der Waals surface area contributed by atoms with Crippen LogP contribution in [0.3, 0.4) is 0 Å². The molecule has 0 aliphatic heterocycles. The molecule has 0 unspecified atom stereocenters. The number of benzene rings is 11. The van der Waals surface area contributed by atoms with Gasteiger partial charge in [0, 0.05) is 16.9 Å². The van der Waals surface area contributed by atoms with Crippen molar-refractivity contribution in [2.24, 2.45) is 0 Å². The van der Waals surface area contributed by atoms with Crippen LogP contribution in [0.5, 0.6) is 0 Å². The van der Waals surface area contributed by atoms with Crippen molar-refractivity contribution in [3.8, 4) is 55.6 Å². The maximum atomic E-state index is 2.41. The Morgan fingerprint density at radius 3 is 1.41 bits per heavy atom. The van der Waals surface area contributed by atoms with Gasteiger partial charge in [-0.3, -0.25) is 0 Å². The lowest BCUT2D eigenvalue weighted by Crippen LogP contribution is -2.11. The van der Waals surface area contributed by atoms with Crippen molar-refractivity contribution in [1.29, 1.82) is 0 Å². The van der Waals surface area contributed by atoms with E-state index in [-0.39, 0.29) is 0 Å². The van der Waals surface area contributed by atoms with Crippen LogP contribution in [0.2, 0.25) is 0 Å². The Bertz CT molecular complexity index is 3320. The maximum Gasteiger partial charge on any atom is 0.0540 e. The highest BCUT2D eigenvalue weighted by molar-refractivity contribution is 6.09. The topological polar surface area (TPSA) is 3.24 Å². The van der Waals surface area contributed by atoms with Crippen LogP contribution >= 0.6 is 0 Å². The lowest BCUT2D eigenvalue weighted by Gasteiger charge is -2.29. The SMILES string of the molecule is c1ccc(-c2cccc3cccc(-c4ccccc4N(c4ccc(-c5ccc(-c6cccc7ccccc67)cc5)cc4)c4ccc(-c5ccc6ccccc6c5)cc4)c23)cc1. The number of rotatable bonds is 8. The van der Waals surface area contributed by atoms with Crippen LogP contribution in [0.1, 0.15) is 0 Å². The Morgan fingerprint density at radius 2 is 0.689 bits per heavy atom. The normalized spacial score (nSPS) is 11.3. The van der Waals surface area contributed by atoms with E-state index in [2.05, 4.69) is 254 Å². The van der Waals surface area contributed by atoms with Crippen LogP contribution < -0.4 is 4.90 Å². The zero-order valence-electron chi connectivity index (χ0n) is 33.6. The van der Waals surface area contributed by atoms with Gasteiger partial charge in [-0.25, -0.2) is 0 Å². The van der Waals surface area contributed by atoms with Crippen molar-refractivity contribution < 1.29 is 0 Å². The number of hydrogen-bond donors (Lipinski definition) is 0. The fourth-order valence-electron chi connectivity index (χ4n) is 9.04. The molecule has 0 saturated carbocycles. The Morgan fingerprint density at radius 1 is 0.230 bits per heavy atom. The van der Waals surface area contributed by atoms with E-state index >= 15 is 0 Å². The smallest absolute Gasteiger partial charge is 0.0540 e. The van der Waals surface area contributed by atoms with Gasteiger partial charge in [-0.2, -0.15) is 0 Å². The van der Waals surface area contributed by atoms with E-state index in [0.29, 0.717) is 0 Å². The predicted octanol–water partition coefficient (Wildman–Crippen LogP) is 17.0. The fourth-order valence-corrected chi connectivity index (χ4v) is 9.04. The highest BCUT2D eigenvalue weighted by Crippen LogP contribution is 2.45. The molecule has 11 aromatic carbocycles. The third-order valence-corrected chi connectivity index (χ3v) is 12.1. The predicted molar refractivity (Wildman–Crippen MR) is 261 cm³/mol. The average Bonchev–Trinajstić information content (AvgIpc) is 3.34. The lowest BCUT2D eigenvalue weighted by atomic mass is 9.90. The Balaban J connectivity index is 1.02. The maximum absolute atomic E-state index is 2.41. The van der Waals surface area contributed by atoms with Gasteiger partial charge in [-0.05, 0) is 119 Å². The molecule has 0 aromatic heterocycles. The van der Waals surface area contributed by atoms with Gasteiger partial charge in [0.15, 0.2) is 0 Å². The molecular weight excluding hydrogens is 735 g/mol. The summed E-state index contributed by atoms with van der Waals surface area (Å²) in [5.41, 5.74) is 15.3. The molecule has 1 heteroatoms. The number of hydrogen-bond acceptors (Lipinski definition) is 1. The van der Waals surface area contributed by atoms with Gasteiger partial charge in [0.05, 0.1) is 5.69 Å². The first-order valence-electron chi connectivity index (χ1n) is 21.0. The molecule has 1 nitrogen and oxygen atoms in total. The van der Waals surface area contributed by atoms with Gasteiger partial charge in [-0.15, -0.1) is 0 Å². The molecule has 0 fully saturated rings. The molecule has 0 aliphatic carbocycles. The van der Waals surface area contributed by atoms with E-state index in [9.17, 15) is 0 Å². The molecule has 0 N–H and O–H groups in total. The van der Waals surface area contributed by atoms with E-state index in [4.69, 9.17) is 0 Å². The zero-order valence-corrected chi connectivity index (χ0v) is 33.6. The summed E-state index contributed by atoms with van der Waals surface area (Å²) in [5.74, 6) is 0. The molecule has 0 bridgehead atoms. The van der Waals surface area contributed by atoms with Crippen molar-refractivity contribution in [1.82, 2.24) is 0 Å². The van der Waals surface area contributed by atoms with Crippen LogP contribution in [0.4, 0.5) is 17.1 Å². The highest BCUT2D eigenvalue weighted by Gasteiger charge is 2.20. The van der Waals surface area contributed by atoms with Gasteiger partial charge < -0.3 is 4.90 Å². The summed E-state index contributed by atoms with van der Waals surface area (Å²) in [7, 11) is 0. The van der Waals surface area contributed by atoms with Crippen molar-refractivity contribution in [2.75, 3.05) is 4.90 Å². The Labute approximate surface area is 357 Å². The summed E-state index contributed by atoms with van der Waals surface area (Å²) < 4.78 is 0. The van der Waals surface area contributed by atoms with E-state index < -0.39 is 0 Å². The van der Waals surface area contributed by atoms with Crippen LogP contribution in [-0.2, 0) is 0 Å². The summed E-state index contributed by atoms with van der Waals surface area (Å²) >= 11 is 0. The van der Waals surface area contributed by atoms with Gasteiger partial charge in [0.25, 0.3) is 0 Å².